The molecule has 20 heavy (non-hydrogen) atoms. The third kappa shape index (κ3) is 3.07. The minimum absolute atomic E-state index is 0.0754. The molecule has 2 heterocycles. The molecule has 5 heteroatoms. The first-order valence-electron chi connectivity index (χ1n) is 7.10. The Morgan fingerprint density at radius 1 is 1.05 bits per heavy atom. The molecule has 0 N–H and O–H groups in total. The third-order valence-electron chi connectivity index (χ3n) is 3.71. The highest BCUT2D eigenvalue weighted by atomic mass is 79.9. The summed E-state index contributed by atoms with van der Waals surface area (Å²) in [5.74, 6) is 1.56. The molecule has 0 radical (unpaired) electrons. The minimum Gasteiger partial charge on any atom is -0.490 e. The van der Waals surface area contributed by atoms with E-state index in [1.807, 2.05) is 12.1 Å². The van der Waals surface area contributed by atoms with E-state index in [2.05, 4.69) is 15.9 Å². The van der Waals surface area contributed by atoms with Crippen LogP contribution in [0.1, 0.15) is 36.6 Å². The van der Waals surface area contributed by atoms with Crippen LogP contribution in [0.3, 0.4) is 0 Å². The second-order valence-corrected chi connectivity index (χ2v) is 6.50. The fraction of sp³-hybridized carbons (Fsp3) is 0.600. The van der Waals surface area contributed by atoms with Crippen molar-refractivity contribution in [2.24, 2.45) is 0 Å². The number of rotatable bonds is 2. The van der Waals surface area contributed by atoms with Crippen molar-refractivity contribution in [1.29, 1.82) is 0 Å². The summed E-state index contributed by atoms with van der Waals surface area (Å²) in [5.41, 5.74) is 1.02. The van der Waals surface area contributed by atoms with Crippen LogP contribution in [0.5, 0.6) is 11.5 Å². The maximum absolute atomic E-state index is 6.62. The van der Waals surface area contributed by atoms with Crippen LogP contribution in [0, 0.1) is 0 Å². The van der Waals surface area contributed by atoms with Crippen LogP contribution < -0.4 is 9.47 Å². The molecule has 1 saturated heterocycles. The lowest BCUT2D eigenvalue weighted by Gasteiger charge is -2.27. The molecule has 1 aromatic carbocycles. The summed E-state index contributed by atoms with van der Waals surface area (Å²) < 4.78 is 18.2. The highest BCUT2D eigenvalue weighted by molar-refractivity contribution is 9.10. The highest BCUT2D eigenvalue weighted by Crippen LogP contribution is 2.42. The van der Waals surface area contributed by atoms with Gasteiger partial charge in [-0.05, 0) is 37.0 Å². The Hall–Kier alpha value is -0.450. The summed E-state index contributed by atoms with van der Waals surface area (Å²) in [6.07, 6.45) is 4.29. The lowest BCUT2D eigenvalue weighted by Crippen LogP contribution is -2.23. The predicted octanol–water partition coefficient (Wildman–Crippen LogP) is 4.46. The van der Waals surface area contributed by atoms with E-state index >= 15 is 0 Å². The standard InChI is InChI=1S/C15H18BrClO3/c16-11-9-14-13(19-6-3-7-20-14)8-10(11)15(17)12-4-1-2-5-18-12/h8-9,12,15H,1-7H2. The molecule has 0 aromatic heterocycles. The third-order valence-corrected chi connectivity index (χ3v) is 4.91. The van der Waals surface area contributed by atoms with Crippen LogP contribution >= 0.6 is 27.5 Å². The topological polar surface area (TPSA) is 27.7 Å². The quantitative estimate of drug-likeness (QED) is 0.728. The van der Waals surface area contributed by atoms with Crippen molar-refractivity contribution >= 4 is 27.5 Å². The van der Waals surface area contributed by atoms with Gasteiger partial charge in [-0.1, -0.05) is 15.9 Å². The highest BCUT2D eigenvalue weighted by Gasteiger charge is 2.27. The molecular weight excluding hydrogens is 344 g/mol. The van der Waals surface area contributed by atoms with Gasteiger partial charge < -0.3 is 14.2 Å². The van der Waals surface area contributed by atoms with E-state index in [0.29, 0.717) is 13.2 Å². The Kier molecular flexibility index (Phi) is 4.74. The lowest BCUT2D eigenvalue weighted by molar-refractivity contribution is 0.0134. The molecule has 1 aromatic rings. The first kappa shape index (κ1) is 14.5. The monoisotopic (exact) mass is 360 g/mol. The van der Waals surface area contributed by atoms with Gasteiger partial charge in [0.05, 0.1) is 24.7 Å². The van der Waals surface area contributed by atoms with Crippen LogP contribution in [0.15, 0.2) is 16.6 Å². The van der Waals surface area contributed by atoms with E-state index in [9.17, 15) is 0 Å². The summed E-state index contributed by atoms with van der Waals surface area (Å²) in [5, 5.41) is -0.165. The Morgan fingerprint density at radius 2 is 1.80 bits per heavy atom. The number of hydrogen-bond donors (Lipinski definition) is 0. The van der Waals surface area contributed by atoms with Gasteiger partial charge in [0, 0.05) is 17.5 Å². The van der Waals surface area contributed by atoms with Crippen LogP contribution in [0.2, 0.25) is 0 Å². The van der Waals surface area contributed by atoms with Gasteiger partial charge >= 0.3 is 0 Å². The summed E-state index contributed by atoms with van der Waals surface area (Å²) in [7, 11) is 0. The minimum atomic E-state index is -0.165. The summed E-state index contributed by atoms with van der Waals surface area (Å²) >= 11 is 10.2. The van der Waals surface area contributed by atoms with Gasteiger partial charge in [0.15, 0.2) is 11.5 Å². The molecule has 3 nitrogen and oxygen atoms in total. The van der Waals surface area contributed by atoms with Gasteiger partial charge in [-0.3, -0.25) is 0 Å². The normalized spacial score (nSPS) is 24.0. The first-order valence-corrected chi connectivity index (χ1v) is 8.33. The van der Waals surface area contributed by atoms with Crippen LogP contribution in [0.25, 0.3) is 0 Å². The number of halogens is 2. The molecule has 2 unspecified atom stereocenters. The van der Waals surface area contributed by atoms with Gasteiger partial charge in [0.25, 0.3) is 0 Å². The van der Waals surface area contributed by atoms with Crippen molar-refractivity contribution < 1.29 is 14.2 Å². The summed E-state index contributed by atoms with van der Waals surface area (Å²) in [6, 6.07) is 3.94. The van der Waals surface area contributed by atoms with E-state index in [4.69, 9.17) is 25.8 Å². The number of benzene rings is 1. The zero-order valence-electron chi connectivity index (χ0n) is 11.2. The van der Waals surface area contributed by atoms with E-state index in [0.717, 1.165) is 47.4 Å². The average Bonchev–Trinajstić information content (AvgIpc) is 2.71. The zero-order valence-corrected chi connectivity index (χ0v) is 13.6. The molecule has 3 rings (SSSR count). The van der Waals surface area contributed by atoms with Gasteiger partial charge in [-0.15, -0.1) is 11.6 Å². The second kappa shape index (κ2) is 6.54. The molecule has 110 valence electrons. The van der Waals surface area contributed by atoms with E-state index in [1.165, 1.54) is 6.42 Å². The average molecular weight is 362 g/mol. The summed E-state index contributed by atoms with van der Waals surface area (Å²) in [4.78, 5) is 0. The van der Waals surface area contributed by atoms with Crippen LogP contribution in [-0.4, -0.2) is 25.9 Å². The Balaban J connectivity index is 1.86. The van der Waals surface area contributed by atoms with E-state index in [1.54, 1.807) is 0 Å². The number of fused-ring (bicyclic) bond motifs is 1. The molecule has 0 saturated carbocycles. The van der Waals surface area contributed by atoms with Crippen LogP contribution in [0.4, 0.5) is 0 Å². The van der Waals surface area contributed by atoms with Gasteiger partial charge in [0.1, 0.15) is 0 Å². The van der Waals surface area contributed by atoms with Crippen molar-refractivity contribution in [2.45, 2.75) is 37.2 Å². The predicted molar refractivity (Wildman–Crippen MR) is 81.9 cm³/mol. The summed E-state index contributed by atoms with van der Waals surface area (Å²) in [6.45, 7) is 2.17. The Morgan fingerprint density at radius 3 is 2.50 bits per heavy atom. The Labute approximate surface area is 132 Å². The fourth-order valence-corrected chi connectivity index (χ4v) is 3.69. The van der Waals surface area contributed by atoms with Crippen molar-refractivity contribution in [3.63, 3.8) is 0 Å². The van der Waals surface area contributed by atoms with Gasteiger partial charge in [-0.2, -0.15) is 0 Å². The van der Waals surface area contributed by atoms with Crippen LogP contribution in [-0.2, 0) is 4.74 Å². The number of alkyl halides is 1. The van der Waals surface area contributed by atoms with Gasteiger partial charge in [-0.25, -0.2) is 0 Å². The van der Waals surface area contributed by atoms with E-state index < -0.39 is 0 Å². The molecule has 0 aliphatic carbocycles. The maximum atomic E-state index is 6.62. The van der Waals surface area contributed by atoms with Gasteiger partial charge in [0.2, 0.25) is 0 Å². The molecule has 2 atom stereocenters. The molecule has 0 amide bonds. The molecule has 1 fully saturated rings. The molecule has 0 bridgehead atoms. The van der Waals surface area contributed by atoms with E-state index in [-0.39, 0.29) is 11.5 Å². The molecule has 0 spiro atoms. The number of hydrogen-bond acceptors (Lipinski definition) is 3. The molecular formula is C15H18BrClO3. The van der Waals surface area contributed by atoms with Crippen molar-refractivity contribution in [2.75, 3.05) is 19.8 Å². The fourth-order valence-electron chi connectivity index (χ4n) is 2.61. The smallest absolute Gasteiger partial charge is 0.162 e. The lowest BCUT2D eigenvalue weighted by atomic mass is 10.0. The second-order valence-electron chi connectivity index (χ2n) is 5.18. The van der Waals surface area contributed by atoms with Crippen molar-refractivity contribution in [1.82, 2.24) is 0 Å². The number of ether oxygens (including phenoxy) is 3. The van der Waals surface area contributed by atoms with Crippen molar-refractivity contribution in [3.05, 3.63) is 22.2 Å². The maximum Gasteiger partial charge on any atom is 0.162 e. The molecule has 2 aliphatic rings. The SMILES string of the molecule is ClC(c1cc2c(cc1Br)OCCCO2)C1CCCCO1. The van der Waals surface area contributed by atoms with Crippen molar-refractivity contribution in [3.8, 4) is 11.5 Å². The first-order chi connectivity index (χ1) is 9.75. The Bertz CT molecular complexity index is 474. The zero-order chi connectivity index (χ0) is 13.9. The molecule has 2 aliphatic heterocycles. The largest absolute Gasteiger partial charge is 0.490 e.